The number of fused-ring (bicyclic) bond motifs is 1. The van der Waals surface area contributed by atoms with Crippen molar-refractivity contribution in [2.45, 2.75) is 65.5 Å². The maximum absolute atomic E-state index is 13.7. The van der Waals surface area contributed by atoms with E-state index in [0.717, 1.165) is 12.8 Å². The molecule has 1 unspecified atom stereocenters. The minimum atomic E-state index is -0.933. The number of rotatable bonds is 9. The Labute approximate surface area is 197 Å². The summed E-state index contributed by atoms with van der Waals surface area (Å²) < 4.78 is 7.76. The molecule has 0 spiro atoms. The SMILES string of the molecule is CCCCn1c2c(c(=O)n(CCCC)c1=O)C(c1cccc([N+](=O)[O-])c1)C(C(=O)OC)=C(C)N2. The maximum Gasteiger partial charge on any atom is 0.336 e. The second-order valence-corrected chi connectivity index (χ2v) is 8.30. The summed E-state index contributed by atoms with van der Waals surface area (Å²) >= 11 is 0. The van der Waals surface area contributed by atoms with E-state index >= 15 is 0 Å². The van der Waals surface area contributed by atoms with Crippen LogP contribution in [0.4, 0.5) is 11.5 Å². The number of nitrogens with zero attached hydrogens (tertiary/aromatic N) is 3. The molecular formula is C24H30N4O6. The van der Waals surface area contributed by atoms with E-state index in [1.54, 1.807) is 13.0 Å². The van der Waals surface area contributed by atoms with E-state index in [0.29, 0.717) is 36.5 Å². The van der Waals surface area contributed by atoms with Gasteiger partial charge >= 0.3 is 11.7 Å². The Morgan fingerprint density at radius 2 is 1.79 bits per heavy atom. The van der Waals surface area contributed by atoms with Gasteiger partial charge in [-0.3, -0.25) is 24.0 Å². The first-order valence-corrected chi connectivity index (χ1v) is 11.4. The predicted octanol–water partition coefficient (Wildman–Crippen LogP) is 3.52. The number of ether oxygens (including phenoxy) is 1. The second-order valence-electron chi connectivity index (χ2n) is 8.30. The fraction of sp³-hybridized carbons (Fsp3) is 0.458. The number of anilines is 1. The molecule has 0 saturated carbocycles. The summed E-state index contributed by atoms with van der Waals surface area (Å²) in [4.78, 5) is 50.8. The van der Waals surface area contributed by atoms with E-state index in [1.807, 2.05) is 13.8 Å². The Balaban J connectivity index is 2.41. The first-order valence-electron chi connectivity index (χ1n) is 11.4. The van der Waals surface area contributed by atoms with Gasteiger partial charge in [0.05, 0.1) is 29.1 Å². The van der Waals surface area contributed by atoms with E-state index in [-0.39, 0.29) is 23.4 Å². The average molecular weight is 471 g/mol. The van der Waals surface area contributed by atoms with Gasteiger partial charge in [-0.15, -0.1) is 0 Å². The van der Waals surface area contributed by atoms with Crippen molar-refractivity contribution in [2.24, 2.45) is 0 Å². The number of aromatic nitrogens is 2. The molecular weight excluding hydrogens is 440 g/mol. The lowest BCUT2D eigenvalue weighted by atomic mass is 9.82. The van der Waals surface area contributed by atoms with Crippen LogP contribution in [0.3, 0.4) is 0 Å². The van der Waals surface area contributed by atoms with E-state index in [4.69, 9.17) is 4.74 Å². The number of esters is 1. The Kier molecular flexibility index (Phi) is 7.70. The number of carbonyl (C=O) groups is 1. The number of nitro groups is 1. The van der Waals surface area contributed by atoms with Gasteiger partial charge in [0, 0.05) is 30.9 Å². The minimum Gasteiger partial charge on any atom is -0.466 e. The van der Waals surface area contributed by atoms with Crippen LogP contribution in [0.1, 0.15) is 63.5 Å². The van der Waals surface area contributed by atoms with E-state index in [1.165, 1.54) is 34.4 Å². The van der Waals surface area contributed by atoms with E-state index in [9.17, 15) is 24.5 Å². The highest BCUT2D eigenvalue weighted by atomic mass is 16.6. The summed E-state index contributed by atoms with van der Waals surface area (Å²) in [7, 11) is 1.24. The Morgan fingerprint density at radius 3 is 2.38 bits per heavy atom. The van der Waals surface area contributed by atoms with Crippen molar-refractivity contribution in [2.75, 3.05) is 12.4 Å². The highest BCUT2D eigenvalue weighted by Crippen LogP contribution is 2.41. The first kappa shape index (κ1) is 24.9. The third-order valence-electron chi connectivity index (χ3n) is 6.04. The van der Waals surface area contributed by atoms with Crippen molar-refractivity contribution >= 4 is 17.5 Å². The van der Waals surface area contributed by atoms with Crippen LogP contribution in [-0.2, 0) is 22.6 Å². The number of methoxy groups -OCH3 is 1. The summed E-state index contributed by atoms with van der Waals surface area (Å²) in [6.07, 6.45) is 2.98. The largest absolute Gasteiger partial charge is 0.466 e. The van der Waals surface area contributed by atoms with Gasteiger partial charge in [-0.25, -0.2) is 9.59 Å². The number of nitro benzene ring substituents is 1. The molecule has 0 amide bonds. The molecule has 2 aromatic rings. The van der Waals surface area contributed by atoms with Gasteiger partial charge in [0.25, 0.3) is 11.2 Å². The van der Waals surface area contributed by atoms with Crippen molar-refractivity contribution < 1.29 is 14.5 Å². The van der Waals surface area contributed by atoms with Gasteiger partial charge in [0.1, 0.15) is 5.82 Å². The van der Waals surface area contributed by atoms with Crippen molar-refractivity contribution in [3.05, 3.63) is 77.6 Å². The lowest BCUT2D eigenvalue weighted by molar-refractivity contribution is -0.384. The van der Waals surface area contributed by atoms with Crippen LogP contribution in [0.25, 0.3) is 0 Å². The zero-order chi connectivity index (χ0) is 25.0. The summed E-state index contributed by atoms with van der Waals surface area (Å²) in [6, 6.07) is 5.86. The maximum atomic E-state index is 13.7. The zero-order valence-corrected chi connectivity index (χ0v) is 19.9. The molecule has 3 rings (SSSR count). The molecule has 0 saturated heterocycles. The van der Waals surface area contributed by atoms with Crippen LogP contribution in [0.15, 0.2) is 45.1 Å². The molecule has 1 atom stereocenters. The monoisotopic (exact) mass is 470 g/mol. The van der Waals surface area contributed by atoms with Crippen LogP contribution < -0.4 is 16.6 Å². The lowest BCUT2D eigenvalue weighted by Gasteiger charge is -2.31. The molecule has 2 heterocycles. The molecule has 0 radical (unpaired) electrons. The quantitative estimate of drug-likeness (QED) is 0.338. The van der Waals surface area contributed by atoms with Crippen LogP contribution in [0, 0.1) is 10.1 Å². The van der Waals surface area contributed by atoms with Crippen LogP contribution in [0.2, 0.25) is 0 Å². The normalized spacial score (nSPS) is 15.0. The molecule has 182 valence electrons. The number of nitrogens with one attached hydrogen (secondary N) is 1. The van der Waals surface area contributed by atoms with Gasteiger partial charge in [-0.05, 0) is 25.3 Å². The molecule has 0 aliphatic carbocycles. The number of non-ortho nitro benzene ring substituents is 1. The van der Waals surface area contributed by atoms with Gasteiger partial charge in [0.15, 0.2) is 0 Å². The summed E-state index contributed by atoms with van der Waals surface area (Å²) in [6.45, 7) is 6.26. The van der Waals surface area contributed by atoms with Crippen LogP contribution in [-0.4, -0.2) is 27.1 Å². The molecule has 10 heteroatoms. The number of benzene rings is 1. The fourth-order valence-electron chi connectivity index (χ4n) is 4.29. The highest BCUT2D eigenvalue weighted by Gasteiger charge is 2.38. The lowest BCUT2D eigenvalue weighted by Crippen LogP contribution is -2.45. The van der Waals surface area contributed by atoms with E-state index in [2.05, 4.69) is 5.32 Å². The third kappa shape index (κ3) is 4.52. The highest BCUT2D eigenvalue weighted by molar-refractivity contribution is 5.94. The molecule has 10 nitrogen and oxygen atoms in total. The smallest absolute Gasteiger partial charge is 0.336 e. The average Bonchev–Trinajstić information content (AvgIpc) is 2.82. The van der Waals surface area contributed by atoms with Crippen LogP contribution >= 0.6 is 0 Å². The predicted molar refractivity (Wildman–Crippen MR) is 128 cm³/mol. The Hall–Kier alpha value is -3.69. The Bertz CT molecular complexity index is 1260. The summed E-state index contributed by atoms with van der Waals surface area (Å²) in [5.74, 6) is -1.27. The van der Waals surface area contributed by atoms with Gasteiger partial charge in [-0.2, -0.15) is 0 Å². The molecule has 1 aliphatic rings. The third-order valence-corrected chi connectivity index (χ3v) is 6.04. The molecule has 1 aliphatic heterocycles. The van der Waals surface area contributed by atoms with Crippen molar-refractivity contribution in [3.8, 4) is 0 Å². The first-order chi connectivity index (χ1) is 16.3. The van der Waals surface area contributed by atoms with Crippen molar-refractivity contribution in [3.63, 3.8) is 0 Å². The molecule has 1 aromatic carbocycles. The van der Waals surface area contributed by atoms with E-state index < -0.39 is 28.1 Å². The molecule has 0 fully saturated rings. The molecule has 1 N–H and O–H groups in total. The molecule has 1 aromatic heterocycles. The fourth-order valence-corrected chi connectivity index (χ4v) is 4.29. The number of hydrogen-bond acceptors (Lipinski definition) is 7. The summed E-state index contributed by atoms with van der Waals surface area (Å²) in [5.41, 5.74) is 0.116. The summed E-state index contributed by atoms with van der Waals surface area (Å²) in [5, 5.41) is 14.6. The van der Waals surface area contributed by atoms with Crippen LogP contribution in [0.5, 0.6) is 0 Å². The number of unbranched alkanes of at least 4 members (excludes halogenated alkanes) is 2. The molecule has 34 heavy (non-hydrogen) atoms. The van der Waals surface area contributed by atoms with Gasteiger partial charge in [-0.1, -0.05) is 38.8 Å². The standard InChI is InChI=1S/C24H30N4O6/c1-5-7-12-26-21-20(22(29)27(24(26)31)13-8-6-2)19(18(15(3)25-21)23(30)34-4)16-10-9-11-17(14-16)28(32)33/h9-11,14,19,25H,5-8,12-13H2,1-4H3. The molecule has 0 bridgehead atoms. The van der Waals surface area contributed by atoms with Gasteiger partial charge in [0.2, 0.25) is 0 Å². The Morgan fingerprint density at radius 1 is 1.15 bits per heavy atom. The zero-order valence-electron chi connectivity index (χ0n) is 19.9. The topological polar surface area (TPSA) is 125 Å². The van der Waals surface area contributed by atoms with Gasteiger partial charge < -0.3 is 10.1 Å². The van der Waals surface area contributed by atoms with Crippen molar-refractivity contribution in [1.82, 2.24) is 9.13 Å². The minimum absolute atomic E-state index is 0.162. The number of carbonyl (C=O) groups excluding carboxylic acids is 1. The number of hydrogen-bond donors (Lipinski definition) is 1. The second kappa shape index (κ2) is 10.5. The van der Waals surface area contributed by atoms with Crippen molar-refractivity contribution in [1.29, 1.82) is 0 Å². The number of allylic oxidation sites excluding steroid dienone is 1.